The Morgan fingerprint density at radius 2 is 2.17 bits per heavy atom. The number of nitrogens with one attached hydrogen (secondary N) is 1. The molecule has 0 spiro atoms. The van der Waals surface area contributed by atoms with Crippen LogP contribution in [0.2, 0.25) is 0 Å². The first-order valence-electron chi connectivity index (χ1n) is 6.05. The van der Waals surface area contributed by atoms with Gasteiger partial charge in [0.05, 0.1) is 6.61 Å². The molecule has 0 heterocycles. The minimum Gasteiger partial charge on any atom is -0.481 e. The molecule has 0 aromatic heterocycles. The van der Waals surface area contributed by atoms with Crippen LogP contribution in [0, 0.1) is 0 Å². The second-order valence-electron chi connectivity index (χ2n) is 3.99. The van der Waals surface area contributed by atoms with Crippen LogP contribution in [0.25, 0.3) is 0 Å². The SMILES string of the molecule is C=CCCCOC(=O)NCC(N)CCCC(=O)O. The number of unbranched alkanes of at least 4 members (excludes halogenated alkanes) is 1. The summed E-state index contributed by atoms with van der Waals surface area (Å²) in [5.74, 6) is -0.836. The minimum absolute atomic E-state index is 0.0969. The highest BCUT2D eigenvalue weighted by Crippen LogP contribution is 1.98. The number of hydrogen-bond acceptors (Lipinski definition) is 4. The molecule has 0 aromatic rings. The van der Waals surface area contributed by atoms with E-state index in [2.05, 4.69) is 11.9 Å². The predicted octanol–water partition coefficient (Wildman–Crippen LogP) is 1.26. The molecule has 0 fully saturated rings. The number of alkyl carbamates (subject to hydrolysis) is 1. The zero-order valence-electron chi connectivity index (χ0n) is 10.6. The maximum absolute atomic E-state index is 11.2. The second-order valence-corrected chi connectivity index (χ2v) is 3.99. The molecule has 1 atom stereocenters. The lowest BCUT2D eigenvalue weighted by atomic mass is 10.1. The third-order valence-electron chi connectivity index (χ3n) is 2.26. The summed E-state index contributed by atoms with van der Waals surface area (Å²) in [6.45, 7) is 4.21. The summed E-state index contributed by atoms with van der Waals surface area (Å²) in [6, 6.07) is -0.245. The summed E-state index contributed by atoms with van der Waals surface area (Å²) in [7, 11) is 0. The van der Waals surface area contributed by atoms with Crippen LogP contribution in [-0.4, -0.2) is 36.4 Å². The Hall–Kier alpha value is -1.56. The number of carboxylic acids is 1. The van der Waals surface area contributed by atoms with E-state index < -0.39 is 12.1 Å². The van der Waals surface area contributed by atoms with Gasteiger partial charge in [-0.05, 0) is 25.7 Å². The molecule has 1 amide bonds. The molecule has 1 unspecified atom stereocenters. The van der Waals surface area contributed by atoms with Gasteiger partial charge in [0.15, 0.2) is 0 Å². The number of ether oxygens (including phenoxy) is 1. The highest BCUT2D eigenvalue weighted by Gasteiger charge is 2.07. The predicted molar refractivity (Wildman–Crippen MR) is 68.2 cm³/mol. The van der Waals surface area contributed by atoms with E-state index in [-0.39, 0.29) is 12.5 Å². The monoisotopic (exact) mass is 258 g/mol. The summed E-state index contributed by atoms with van der Waals surface area (Å²) < 4.78 is 4.89. The largest absolute Gasteiger partial charge is 0.481 e. The van der Waals surface area contributed by atoms with E-state index in [0.29, 0.717) is 26.0 Å². The summed E-state index contributed by atoms with van der Waals surface area (Å²) in [5, 5.41) is 11.0. The van der Waals surface area contributed by atoms with Gasteiger partial charge in [-0.25, -0.2) is 4.79 Å². The number of carboxylic acid groups (broad SMARTS) is 1. The molecule has 0 bridgehead atoms. The fraction of sp³-hybridized carbons (Fsp3) is 0.667. The lowest BCUT2D eigenvalue weighted by Gasteiger charge is -2.12. The Morgan fingerprint density at radius 1 is 1.44 bits per heavy atom. The minimum atomic E-state index is -0.836. The summed E-state index contributed by atoms with van der Waals surface area (Å²) in [5.41, 5.74) is 5.71. The van der Waals surface area contributed by atoms with Crippen LogP contribution in [0.1, 0.15) is 32.1 Å². The average Bonchev–Trinajstić information content (AvgIpc) is 2.31. The first-order chi connectivity index (χ1) is 8.56. The second kappa shape index (κ2) is 10.6. The standard InChI is InChI=1S/C12H22N2O4/c1-2-3-4-8-18-12(17)14-9-10(13)6-5-7-11(15)16/h2,10H,1,3-9,13H2,(H,14,17)(H,15,16). The molecule has 104 valence electrons. The molecule has 0 radical (unpaired) electrons. The number of amides is 1. The number of nitrogens with two attached hydrogens (primary N) is 1. The lowest BCUT2D eigenvalue weighted by Crippen LogP contribution is -2.37. The molecule has 0 aliphatic rings. The van der Waals surface area contributed by atoms with Gasteiger partial charge < -0.3 is 20.9 Å². The van der Waals surface area contributed by atoms with Crippen molar-refractivity contribution in [1.82, 2.24) is 5.32 Å². The molecule has 0 saturated carbocycles. The first-order valence-corrected chi connectivity index (χ1v) is 6.05. The number of carbonyl (C=O) groups is 2. The Kier molecular flexibility index (Phi) is 9.67. The fourth-order valence-electron chi connectivity index (χ4n) is 1.28. The Morgan fingerprint density at radius 3 is 2.78 bits per heavy atom. The lowest BCUT2D eigenvalue weighted by molar-refractivity contribution is -0.137. The van der Waals surface area contributed by atoms with Crippen molar-refractivity contribution in [1.29, 1.82) is 0 Å². The molecule has 6 nitrogen and oxygen atoms in total. The van der Waals surface area contributed by atoms with E-state index in [4.69, 9.17) is 15.6 Å². The summed E-state index contributed by atoms with van der Waals surface area (Å²) in [4.78, 5) is 21.5. The van der Waals surface area contributed by atoms with Crippen molar-refractivity contribution in [3.63, 3.8) is 0 Å². The number of allylic oxidation sites excluding steroid dienone is 1. The fourth-order valence-corrected chi connectivity index (χ4v) is 1.28. The Labute approximate surface area is 107 Å². The molecule has 0 aliphatic heterocycles. The maximum atomic E-state index is 11.2. The molecular weight excluding hydrogens is 236 g/mol. The van der Waals surface area contributed by atoms with E-state index in [9.17, 15) is 9.59 Å². The van der Waals surface area contributed by atoms with Crippen LogP contribution in [0.3, 0.4) is 0 Å². The van der Waals surface area contributed by atoms with Crippen molar-refractivity contribution in [3.8, 4) is 0 Å². The van der Waals surface area contributed by atoms with Gasteiger partial charge in [0.1, 0.15) is 0 Å². The first kappa shape index (κ1) is 16.4. The van der Waals surface area contributed by atoms with Gasteiger partial charge in [0.2, 0.25) is 0 Å². The summed E-state index contributed by atoms with van der Waals surface area (Å²) >= 11 is 0. The van der Waals surface area contributed by atoms with Crippen molar-refractivity contribution in [2.24, 2.45) is 5.73 Å². The van der Waals surface area contributed by atoms with Crippen molar-refractivity contribution < 1.29 is 19.4 Å². The highest BCUT2D eigenvalue weighted by atomic mass is 16.5. The molecule has 4 N–H and O–H groups in total. The third-order valence-corrected chi connectivity index (χ3v) is 2.26. The van der Waals surface area contributed by atoms with E-state index in [1.807, 2.05) is 0 Å². The Balaban J connectivity index is 3.46. The number of carbonyl (C=O) groups excluding carboxylic acids is 1. The van der Waals surface area contributed by atoms with Crippen molar-refractivity contribution in [3.05, 3.63) is 12.7 Å². The summed E-state index contributed by atoms with van der Waals surface area (Å²) in [6.07, 6.45) is 3.99. The molecule has 18 heavy (non-hydrogen) atoms. The normalized spacial score (nSPS) is 11.6. The Bertz CT molecular complexity index is 269. The highest BCUT2D eigenvalue weighted by molar-refractivity contribution is 5.67. The van der Waals surface area contributed by atoms with Gasteiger partial charge in [0, 0.05) is 19.0 Å². The van der Waals surface area contributed by atoms with Gasteiger partial charge in [-0.1, -0.05) is 6.08 Å². The van der Waals surface area contributed by atoms with Crippen LogP contribution in [0.5, 0.6) is 0 Å². The van der Waals surface area contributed by atoms with Gasteiger partial charge in [0.25, 0.3) is 0 Å². The smallest absolute Gasteiger partial charge is 0.407 e. The van der Waals surface area contributed by atoms with Crippen LogP contribution in [-0.2, 0) is 9.53 Å². The van der Waals surface area contributed by atoms with E-state index in [1.54, 1.807) is 6.08 Å². The topological polar surface area (TPSA) is 102 Å². The molecule has 0 rings (SSSR count). The third kappa shape index (κ3) is 10.9. The molecular formula is C12H22N2O4. The quantitative estimate of drug-likeness (QED) is 0.404. The van der Waals surface area contributed by atoms with Gasteiger partial charge in [-0.2, -0.15) is 0 Å². The van der Waals surface area contributed by atoms with Crippen LogP contribution in [0.15, 0.2) is 12.7 Å². The zero-order valence-corrected chi connectivity index (χ0v) is 10.6. The van der Waals surface area contributed by atoms with Crippen molar-refractivity contribution >= 4 is 12.1 Å². The van der Waals surface area contributed by atoms with E-state index in [0.717, 1.165) is 12.8 Å². The van der Waals surface area contributed by atoms with Crippen LogP contribution >= 0.6 is 0 Å². The number of aliphatic carboxylic acids is 1. The molecule has 0 aromatic carbocycles. The van der Waals surface area contributed by atoms with Gasteiger partial charge in [-0.15, -0.1) is 6.58 Å². The number of hydrogen-bond donors (Lipinski definition) is 3. The van der Waals surface area contributed by atoms with Gasteiger partial charge in [-0.3, -0.25) is 4.79 Å². The number of rotatable bonds is 10. The maximum Gasteiger partial charge on any atom is 0.407 e. The molecule has 0 aliphatic carbocycles. The van der Waals surface area contributed by atoms with Gasteiger partial charge >= 0.3 is 12.1 Å². The van der Waals surface area contributed by atoms with Crippen LogP contribution < -0.4 is 11.1 Å². The van der Waals surface area contributed by atoms with Crippen molar-refractivity contribution in [2.75, 3.05) is 13.2 Å². The van der Waals surface area contributed by atoms with E-state index >= 15 is 0 Å². The van der Waals surface area contributed by atoms with Crippen LogP contribution in [0.4, 0.5) is 4.79 Å². The zero-order chi connectivity index (χ0) is 13.8. The van der Waals surface area contributed by atoms with Crippen molar-refractivity contribution in [2.45, 2.75) is 38.1 Å². The average molecular weight is 258 g/mol. The van der Waals surface area contributed by atoms with E-state index in [1.165, 1.54) is 0 Å². The molecule has 6 heteroatoms. The molecule has 0 saturated heterocycles.